The fourth-order valence-corrected chi connectivity index (χ4v) is 0.767. The number of nitrogens with two attached hydrogens (primary N) is 1. The van der Waals surface area contributed by atoms with E-state index in [1.807, 2.05) is 6.92 Å². The van der Waals surface area contributed by atoms with E-state index in [1.54, 1.807) is 7.11 Å². The molecule has 0 aliphatic heterocycles. The van der Waals surface area contributed by atoms with Crippen molar-refractivity contribution in [2.45, 2.75) is 13.0 Å². The molecule has 0 aliphatic carbocycles. The summed E-state index contributed by atoms with van der Waals surface area (Å²) in [7, 11) is 1.57. The van der Waals surface area contributed by atoms with Crippen molar-refractivity contribution in [2.24, 2.45) is 5.73 Å². The summed E-state index contributed by atoms with van der Waals surface area (Å²) in [5, 5.41) is 5.28. The summed E-state index contributed by atoms with van der Waals surface area (Å²) < 4.78 is 4.85. The zero-order valence-electron chi connectivity index (χ0n) is 7.59. The molecule has 0 fully saturated rings. The van der Waals surface area contributed by atoms with Crippen molar-refractivity contribution < 1.29 is 9.53 Å². The van der Waals surface area contributed by atoms with Crippen LogP contribution in [0.5, 0.6) is 0 Å². The monoisotopic (exact) mass is 175 g/mol. The van der Waals surface area contributed by atoms with Gasteiger partial charge in [0.1, 0.15) is 0 Å². The Morgan fingerprint density at radius 1 is 1.67 bits per heavy atom. The third-order valence-corrected chi connectivity index (χ3v) is 1.32. The first-order chi connectivity index (χ1) is 5.74. The van der Waals surface area contributed by atoms with Crippen molar-refractivity contribution in [2.75, 3.05) is 26.8 Å². The summed E-state index contributed by atoms with van der Waals surface area (Å²) >= 11 is 0. The molecule has 0 aromatic rings. The van der Waals surface area contributed by atoms with Crippen LogP contribution in [0.25, 0.3) is 0 Å². The van der Waals surface area contributed by atoms with E-state index < -0.39 is 0 Å². The molecule has 0 saturated carbocycles. The topological polar surface area (TPSA) is 76.4 Å². The molecule has 2 amide bonds. The minimum Gasteiger partial charge on any atom is -0.383 e. The number of rotatable bonds is 5. The molecule has 5 heteroatoms. The second-order valence-electron chi connectivity index (χ2n) is 2.39. The molecule has 5 nitrogen and oxygen atoms in total. The van der Waals surface area contributed by atoms with Gasteiger partial charge in [-0.15, -0.1) is 0 Å². The highest BCUT2D eigenvalue weighted by molar-refractivity contribution is 5.74. The second kappa shape index (κ2) is 6.87. The Morgan fingerprint density at radius 2 is 2.33 bits per heavy atom. The third-order valence-electron chi connectivity index (χ3n) is 1.32. The molecule has 72 valence electrons. The van der Waals surface area contributed by atoms with Gasteiger partial charge in [0.2, 0.25) is 0 Å². The molecule has 12 heavy (non-hydrogen) atoms. The van der Waals surface area contributed by atoms with Gasteiger partial charge in [-0.3, -0.25) is 0 Å². The van der Waals surface area contributed by atoms with Crippen LogP contribution < -0.4 is 16.4 Å². The van der Waals surface area contributed by atoms with Crippen LogP contribution in [0, 0.1) is 0 Å². The maximum Gasteiger partial charge on any atom is 0.315 e. The first-order valence-corrected chi connectivity index (χ1v) is 3.98. The summed E-state index contributed by atoms with van der Waals surface area (Å²) in [6.45, 7) is 3.28. The van der Waals surface area contributed by atoms with Crippen LogP contribution in [0.4, 0.5) is 4.79 Å². The molecule has 0 aromatic carbocycles. The van der Waals surface area contributed by atoms with Crippen molar-refractivity contribution in [3.8, 4) is 0 Å². The normalized spacial score (nSPS) is 12.2. The number of amides is 2. The molecule has 0 spiro atoms. The number of nitrogens with one attached hydrogen (secondary N) is 2. The standard InChI is InChI=1S/C7H17N3O2/c1-3-9-7(11)10-6(4-8)5-12-2/h6H,3-5,8H2,1-2H3,(H2,9,10,11). The molecule has 4 N–H and O–H groups in total. The molecule has 0 bridgehead atoms. The Kier molecular flexibility index (Phi) is 6.41. The van der Waals surface area contributed by atoms with Crippen LogP contribution in [0.1, 0.15) is 6.92 Å². The maximum atomic E-state index is 11.0. The Bertz CT molecular complexity index is 130. The van der Waals surface area contributed by atoms with E-state index in [4.69, 9.17) is 10.5 Å². The summed E-state index contributed by atoms with van der Waals surface area (Å²) in [6, 6.07) is -0.313. The van der Waals surface area contributed by atoms with E-state index in [0.29, 0.717) is 19.7 Å². The zero-order chi connectivity index (χ0) is 9.40. The molecule has 0 saturated heterocycles. The van der Waals surface area contributed by atoms with Crippen LogP contribution in [-0.2, 0) is 4.74 Å². The van der Waals surface area contributed by atoms with Gasteiger partial charge in [0.15, 0.2) is 0 Å². The molecule has 0 heterocycles. The van der Waals surface area contributed by atoms with Crippen molar-refractivity contribution in [3.05, 3.63) is 0 Å². The molecule has 0 aromatic heterocycles. The number of ether oxygens (including phenoxy) is 1. The number of methoxy groups -OCH3 is 1. The Balaban J connectivity index is 3.61. The summed E-state index contributed by atoms with van der Waals surface area (Å²) in [5.41, 5.74) is 5.38. The van der Waals surface area contributed by atoms with E-state index in [-0.39, 0.29) is 12.1 Å². The lowest BCUT2D eigenvalue weighted by molar-refractivity contribution is 0.167. The Labute approximate surface area is 72.6 Å². The lowest BCUT2D eigenvalue weighted by Gasteiger charge is -2.15. The summed E-state index contributed by atoms with van der Waals surface area (Å²) in [6.07, 6.45) is 0. The smallest absolute Gasteiger partial charge is 0.315 e. The van der Waals surface area contributed by atoms with E-state index in [0.717, 1.165) is 0 Å². The third kappa shape index (κ3) is 4.92. The number of carbonyl (C=O) groups is 1. The number of urea groups is 1. The van der Waals surface area contributed by atoms with Crippen LogP contribution in [0.15, 0.2) is 0 Å². The largest absolute Gasteiger partial charge is 0.383 e. The zero-order valence-corrected chi connectivity index (χ0v) is 7.59. The molecule has 0 aliphatic rings. The predicted octanol–water partition coefficient (Wildman–Crippen LogP) is -0.721. The fourth-order valence-electron chi connectivity index (χ4n) is 0.767. The maximum absolute atomic E-state index is 11.0. The minimum atomic E-state index is -0.204. The summed E-state index contributed by atoms with van der Waals surface area (Å²) in [5.74, 6) is 0. The van der Waals surface area contributed by atoms with Gasteiger partial charge >= 0.3 is 6.03 Å². The highest BCUT2D eigenvalue weighted by Crippen LogP contribution is 1.81. The average Bonchev–Trinajstić information content (AvgIpc) is 2.04. The first kappa shape index (κ1) is 11.2. The van der Waals surface area contributed by atoms with Crippen LogP contribution >= 0.6 is 0 Å². The highest BCUT2D eigenvalue weighted by atomic mass is 16.5. The average molecular weight is 175 g/mol. The van der Waals surface area contributed by atoms with E-state index in [9.17, 15) is 4.79 Å². The van der Waals surface area contributed by atoms with Gasteiger partial charge in [-0.1, -0.05) is 0 Å². The quantitative estimate of drug-likeness (QED) is 0.516. The van der Waals surface area contributed by atoms with Gasteiger partial charge in [0.05, 0.1) is 12.6 Å². The van der Waals surface area contributed by atoms with Gasteiger partial charge < -0.3 is 21.1 Å². The second-order valence-corrected chi connectivity index (χ2v) is 2.39. The van der Waals surface area contributed by atoms with Crippen LogP contribution in [0.2, 0.25) is 0 Å². The molecule has 0 radical (unpaired) electrons. The van der Waals surface area contributed by atoms with Gasteiger partial charge in [-0.25, -0.2) is 4.79 Å². The van der Waals surface area contributed by atoms with Gasteiger partial charge in [0, 0.05) is 20.2 Å². The molecule has 0 rings (SSSR count). The summed E-state index contributed by atoms with van der Waals surface area (Å²) in [4.78, 5) is 11.0. The minimum absolute atomic E-state index is 0.110. The SMILES string of the molecule is CCNC(=O)NC(CN)COC. The Morgan fingerprint density at radius 3 is 2.75 bits per heavy atom. The van der Waals surface area contributed by atoms with Gasteiger partial charge in [-0.05, 0) is 6.92 Å². The van der Waals surface area contributed by atoms with Crippen LogP contribution in [0.3, 0.4) is 0 Å². The number of hydrogen-bond acceptors (Lipinski definition) is 3. The number of carbonyl (C=O) groups excluding carboxylic acids is 1. The van der Waals surface area contributed by atoms with Crippen molar-refractivity contribution >= 4 is 6.03 Å². The van der Waals surface area contributed by atoms with E-state index in [2.05, 4.69) is 10.6 Å². The van der Waals surface area contributed by atoms with Gasteiger partial charge in [-0.2, -0.15) is 0 Å². The number of hydrogen-bond donors (Lipinski definition) is 3. The van der Waals surface area contributed by atoms with Gasteiger partial charge in [0.25, 0.3) is 0 Å². The van der Waals surface area contributed by atoms with Crippen molar-refractivity contribution in [3.63, 3.8) is 0 Å². The molecule has 1 unspecified atom stereocenters. The lowest BCUT2D eigenvalue weighted by atomic mass is 10.3. The van der Waals surface area contributed by atoms with E-state index >= 15 is 0 Å². The first-order valence-electron chi connectivity index (χ1n) is 3.98. The lowest BCUT2D eigenvalue weighted by Crippen LogP contribution is -2.47. The molecular formula is C7H17N3O2. The molecule has 1 atom stereocenters. The predicted molar refractivity (Wildman–Crippen MR) is 46.9 cm³/mol. The highest BCUT2D eigenvalue weighted by Gasteiger charge is 2.08. The Hall–Kier alpha value is -0.810. The van der Waals surface area contributed by atoms with Crippen LogP contribution in [-0.4, -0.2) is 38.9 Å². The molecular weight excluding hydrogens is 158 g/mol. The fraction of sp³-hybridized carbons (Fsp3) is 0.857. The van der Waals surface area contributed by atoms with Crippen molar-refractivity contribution in [1.29, 1.82) is 0 Å². The van der Waals surface area contributed by atoms with Crippen molar-refractivity contribution in [1.82, 2.24) is 10.6 Å². The van der Waals surface area contributed by atoms with E-state index in [1.165, 1.54) is 0 Å².